The molecule has 166 valence electrons. The van der Waals surface area contributed by atoms with Gasteiger partial charge in [-0.2, -0.15) is 0 Å². The van der Waals surface area contributed by atoms with Gasteiger partial charge in [0.25, 0.3) is 0 Å². The van der Waals surface area contributed by atoms with E-state index < -0.39 is 10.0 Å². The maximum Gasteiger partial charge on any atom is 0.242 e. The van der Waals surface area contributed by atoms with Crippen molar-refractivity contribution in [1.29, 1.82) is 0 Å². The Balaban J connectivity index is 1.61. The van der Waals surface area contributed by atoms with Crippen LogP contribution in [0.25, 0.3) is 5.65 Å². The molecule has 11 heteroatoms. The van der Waals surface area contributed by atoms with E-state index >= 15 is 0 Å². The summed E-state index contributed by atoms with van der Waals surface area (Å²) in [6.45, 7) is 0. The Morgan fingerprint density at radius 1 is 1.16 bits per heavy atom. The molecule has 0 aliphatic heterocycles. The number of aromatic hydroxyl groups is 1. The van der Waals surface area contributed by atoms with Crippen LogP contribution in [0.4, 0.5) is 17.2 Å². The van der Waals surface area contributed by atoms with Gasteiger partial charge in [0.05, 0.1) is 16.3 Å². The number of phenols is 1. The quantitative estimate of drug-likeness (QED) is 0.423. The molecule has 0 bridgehead atoms. The largest absolute Gasteiger partial charge is 0.506 e. The number of imidazole rings is 1. The molecule has 0 atom stereocenters. The van der Waals surface area contributed by atoms with E-state index in [9.17, 15) is 13.5 Å². The highest BCUT2D eigenvalue weighted by atomic mass is 32.2. The minimum atomic E-state index is -3.64. The summed E-state index contributed by atoms with van der Waals surface area (Å²) in [5, 5.41) is 21.6. The standard InChI is InChI=1S/C20H27N7O3S/c1-26(2)31(29,30)15-7-8-16(18(28)11-15)24-17-12-19(25-27-10-9-22-20(17)27)23-14-5-3-13(21)4-6-14/h7-14,24,28H,3-6,21H2,1-2H3,(H,23,25)/t13-,14-. The zero-order valence-electron chi connectivity index (χ0n) is 17.5. The van der Waals surface area contributed by atoms with Crippen molar-refractivity contribution in [2.24, 2.45) is 5.73 Å². The van der Waals surface area contributed by atoms with Crippen LogP contribution >= 0.6 is 0 Å². The molecule has 0 amide bonds. The highest BCUT2D eigenvalue weighted by Gasteiger charge is 2.21. The van der Waals surface area contributed by atoms with Crippen molar-refractivity contribution in [3.8, 4) is 5.75 Å². The monoisotopic (exact) mass is 445 g/mol. The van der Waals surface area contributed by atoms with E-state index in [1.807, 2.05) is 6.07 Å². The van der Waals surface area contributed by atoms with E-state index in [0.29, 0.717) is 28.9 Å². The van der Waals surface area contributed by atoms with E-state index in [0.717, 1.165) is 30.0 Å². The number of benzene rings is 1. The zero-order chi connectivity index (χ0) is 22.2. The van der Waals surface area contributed by atoms with Gasteiger partial charge < -0.3 is 21.5 Å². The van der Waals surface area contributed by atoms with Gasteiger partial charge in [0.2, 0.25) is 10.0 Å². The van der Waals surface area contributed by atoms with Gasteiger partial charge in [-0.3, -0.25) is 0 Å². The van der Waals surface area contributed by atoms with Crippen molar-refractivity contribution in [2.75, 3.05) is 24.7 Å². The molecular weight excluding hydrogens is 418 g/mol. The molecule has 0 radical (unpaired) electrons. The molecule has 0 spiro atoms. The van der Waals surface area contributed by atoms with Crippen molar-refractivity contribution in [1.82, 2.24) is 18.9 Å². The average molecular weight is 446 g/mol. The highest BCUT2D eigenvalue weighted by molar-refractivity contribution is 7.89. The van der Waals surface area contributed by atoms with E-state index in [1.54, 1.807) is 16.9 Å². The first-order chi connectivity index (χ1) is 14.7. The van der Waals surface area contributed by atoms with Gasteiger partial charge in [-0.05, 0) is 37.8 Å². The minimum absolute atomic E-state index is 0.0131. The number of fused-ring (bicyclic) bond motifs is 1. The van der Waals surface area contributed by atoms with Crippen LogP contribution in [0.3, 0.4) is 0 Å². The average Bonchev–Trinajstić information content (AvgIpc) is 3.20. The van der Waals surface area contributed by atoms with Crippen LogP contribution in [0.1, 0.15) is 25.7 Å². The van der Waals surface area contributed by atoms with Crippen LogP contribution in [0, 0.1) is 0 Å². The van der Waals surface area contributed by atoms with Crippen molar-refractivity contribution in [2.45, 2.75) is 42.7 Å². The molecule has 1 aliphatic carbocycles. The number of sulfonamides is 1. The highest BCUT2D eigenvalue weighted by Crippen LogP contribution is 2.32. The number of phenolic OH excluding ortho intramolecular Hbond substituents is 1. The topological polar surface area (TPSA) is 138 Å². The zero-order valence-corrected chi connectivity index (χ0v) is 18.3. The smallest absolute Gasteiger partial charge is 0.242 e. The molecule has 1 saturated carbocycles. The number of nitrogens with one attached hydrogen (secondary N) is 2. The second-order valence-electron chi connectivity index (χ2n) is 7.99. The number of nitrogens with two attached hydrogens (primary N) is 1. The number of nitrogens with zero attached hydrogens (tertiary/aromatic N) is 4. The van der Waals surface area contributed by atoms with Crippen LogP contribution in [-0.4, -0.2) is 58.6 Å². The first-order valence-corrected chi connectivity index (χ1v) is 11.6. The van der Waals surface area contributed by atoms with Crippen molar-refractivity contribution < 1.29 is 13.5 Å². The summed E-state index contributed by atoms with van der Waals surface area (Å²) in [4.78, 5) is 4.34. The summed E-state index contributed by atoms with van der Waals surface area (Å²) in [6, 6.07) is 6.60. The molecule has 10 nitrogen and oxygen atoms in total. The Kier molecular flexibility index (Phi) is 5.73. The van der Waals surface area contributed by atoms with Crippen LogP contribution in [-0.2, 0) is 10.0 Å². The number of rotatable bonds is 6. The summed E-state index contributed by atoms with van der Waals surface area (Å²) in [5.41, 5.74) is 7.58. The van der Waals surface area contributed by atoms with Crippen LogP contribution in [0.2, 0.25) is 0 Å². The fourth-order valence-electron chi connectivity index (χ4n) is 3.69. The second-order valence-corrected chi connectivity index (χ2v) is 10.1. The molecule has 4 rings (SSSR count). The number of hydrogen-bond donors (Lipinski definition) is 4. The van der Waals surface area contributed by atoms with Gasteiger partial charge in [-0.15, -0.1) is 5.10 Å². The molecule has 5 N–H and O–H groups in total. The van der Waals surface area contributed by atoms with E-state index in [4.69, 9.17) is 5.73 Å². The minimum Gasteiger partial charge on any atom is -0.506 e. The molecule has 1 aromatic carbocycles. The van der Waals surface area contributed by atoms with Crippen molar-refractivity contribution in [3.63, 3.8) is 0 Å². The molecule has 1 aliphatic rings. The van der Waals surface area contributed by atoms with Gasteiger partial charge in [-0.1, -0.05) is 0 Å². The van der Waals surface area contributed by atoms with Crippen molar-refractivity contribution in [3.05, 3.63) is 36.7 Å². The molecule has 1 fully saturated rings. The van der Waals surface area contributed by atoms with E-state index in [2.05, 4.69) is 20.7 Å². The van der Waals surface area contributed by atoms with Crippen LogP contribution in [0.15, 0.2) is 41.6 Å². The second kappa shape index (κ2) is 8.33. The first-order valence-electron chi connectivity index (χ1n) is 10.1. The lowest BCUT2D eigenvalue weighted by atomic mass is 9.92. The molecule has 0 saturated heterocycles. The SMILES string of the molecule is CN(C)S(=O)(=O)c1ccc(Nc2cc(N[C@H]3CC[C@H](N)CC3)nn3ccnc23)c(O)c1. The lowest BCUT2D eigenvalue weighted by molar-refractivity contribution is 0.410. The fourth-order valence-corrected chi connectivity index (χ4v) is 4.61. The Labute approximate surface area is 181 Å². The van der Waals surface area contributed by atoms with Crippen LogP contribution in [0.5, 0.6) is 5.75 Å². The number of aromatic nitrogens is 3. The maximum absolute atomic E-state index is 12.3. The molecule has 0 unspecified atom stereocenters. The third kappa shape index (κ3) is 4.43. The molecular formula is C20H27N7O3S. The number of anilines is 3. The fraction of sp³-hybridized carbons (Fsp3) is 0.400. The Morgan fingerprint density at radius 2 is 1.90 bits per heavy atom. The summed E-state index contributed by atoms with van der Waals surface area (Å²) in [7, 11) is -0.755. The first kappa shape index (κ1) is 21.3. The molecule has 31 heavy (non-hydrogen) atoms. The molecule has 2 heterocycles. The third-order valence-corrected chi connectivity index (χ3v) is 7.31. The number of hydrogen-bond acceptors (Lipinski definition) is 8. The lowest BCUT2D eigenvalue weighted by Gasteiger charge is -2.27. The molecule has 2 aromatic heterocycles. The summed E-state index contributed by atoms with van der Waals surface area (Å²) >= 11 is 0. The summed E-state index contributed by atoms with van der Waals surface area (Å²) in [5.74, 6) is 0.500. The van der Waals surface area contributed by atoms with Gasteiger partial charge >= 0.3 is 0 Å². The van der Waals surface area contributed by atoms with Gasteiger partial charge in [0.1, 0.15) is 11.6 Å². The van der Waals surface area contributed by atoms with E-state index in [1.165, 1.54) is 32.3 Å². The predicted molar refractivity (Wildman–Crippen MR) is 119 cm³/mol. The normalized spacial score (nSPS) is 19.6. The Morgan fingerprint density at radius 3 is 2.58 bits per heavy atom. The van der Waals surface area contributed by atoms with Gasteiger partial charge in [-0.25, -0.2) is 22.2 Å². The maximum atomic E-state index is 12.3. The third-order valence-electron chi connectivity index (χ3n) is 5.50. The predicted octanol–water partition coefficient (Wildman–Crippen LogP) is 2.11. The Bertz CT molecular complexity index is 1180. The van der Waals surface area contributed by atoms with Crippen molar-refractivity contribution >= 4 is 32.9 Å². The van der Waals surface area contributed by atoms with Gasteiger partial charge in [0.15, 0.2) is 5.65 Å². The molecule has 3 aromatic rings. The van der Waals surface area contributed by atoms with Gasteiger partial charge in [0, 0.05) is 50.7 Å². The summed E-state index contributed by atoms with van der Waals surface area (Å²) < 4.78 is 27.4. The summed E-state index contributed by atoms with van der Waals surface area (Å²) in [6.07, 6.45) is 7.31. The lowest BCUT2D eigenvalue weighted by Crippen LogP contribution is -2.33. The van der Waals surface area contributed by atoms with Crippen LogP contribution < -0.4 is 16.4 Å². The Hall–Kier alpha value is -2.89. The van der Waals surface area contributed by atoms with E-state index in [-0.39, 0.29) is 16.7 Å².